The molecule has 3 heterocycles. The van der Waals surface area contributed by atoms with Crippen LogP contribution in [0.15, 0.2) is 12.7 Å². The summed E-state index contributed by atoms with van der Waals surface area (Å²) in [5.74, 6) is 0.0426. The molecule has 18 nitrogen and oxygen atoms in total. The fourth-order valence-corrected chi connectivity index (χ4v) is 5.65. The summed E-state index contributed by atoms with van der Waals surface area (Å²) < 4.78 is 51.9. The zero-order chi connectivity index (χ0) is 23.2. The first-order chi connectivity index (χ1) is 14.2. The molecule has 1 aliphatic rings. The maximum Gasteiger partial charge on any atom is 2.00 e. The smallest absolute Gasteiger partial charge is 1.00 e. The molecular formula is C10H20Mg2N5O13P3. The van der Waals surface area contributed by atoms with Crippen molar-refractivity contribution in [3.8, 4) is 0 Å². The number of nitrogens with two attached hydrogens (primary N) is 1. The molecule has 0 aliphatic carbocycles. The Morgan fingerprint density at radius 2 is 1.67 bits per heavy atom. The van der Waals surface area contributed by atoms with Crippen LogP contribution in [0.2, 0.25) is 0 Å². The summed E-state index contributed by atoms with van der Waals surface area (Å²) in [6.07, 6.45) is -3.69. The molecule has 6 atom stereocenters. The van der Waals surface area contributed by atoms with Gasteiger partial charge < -0.3 is 46.0 Å². The average molecular weight is 560 g/mol. The molecular weight excluding hydrogens is 540 g/mol. The van der Waals surface area contributed by atoms with Crippen LogP contribution in [0.25, 0.3) is 11.2 Å². The normalized spacial score (nSPS) is 26.7. The monoisotopic (exact) mass is 559 g/mol. The number of hydrogen-bond acceptors (Lipinski definition) is 13. The molecule has 0 amide bonds. The van der Waals surface area contributed by atoms with Gasteiger partial charge in [-0.1, -0.05) is 0 Å². The Labute approximate surface area is 222 Å². The topological polar surface area (TPSA) is 279 Å². The largest absolute Gasteiger partial charge is 2.00 e. The minimum atomic E-state index is -5.70. The van der Waals surface area contributed by atoms with Crippen molar-refractivity contribution >= 4 is 86.6 Å². The number of imidazole rings is 1. The van der Waals surface area contributed by atoms with Gasteiger partial charge in [0.15, 0.2) is 17.7 Å². The Bertz CT molecular complexity index is 1130. The summed E-state index contributed by atoms with van der Waals surface area (Å²) in [6.45, 7) is -0.956. The molecule has 182 valence electrons. The molecule has 0 radical (unpaired) electrons. The van der Waals surface area contributed by atoms with E-state index in [0.717, 1.165) is 6.33 Å². The van der Waals surface area contributed by atoms with Gasteiger partial charge in [0.2, 0.25) is 0 Å². The van der Waals surface area contributed by atoms with Crippen LogP contribution in [-0.4, -0.2) is 120 Å². The van der Waals surface area contributed by atoms with E-state index in [4.69, 9.17) is 25.2 Å². The third-order valence-electron chi connectivity index (χ3n) is 3.82. The van der Waals surface area contributed by atoms with Gasteiger partial charge in [-0.25, -0.2) is 28.6 Å². The second-order valence-electron chi connectivity index (χ2n) is 6.02. The molecule has 0 bridgehead atoms. The maximum absolute atomic E-state index is 11.8. The number of phosphoric ester groups is 1. The van der Waals surface area contributed by atoms with Gasteiger partial charge in [-0.3, -0.25) is 9.09 Å². The van der Waals surface area contributed by atoms with Gasteiger partial charge in [-0.15, -0.1) is 0 Å². The zero-order valence-electron chi connectivity index (χ0n) is 20.3. The maximum atomic E-state index is 11.8. The van der Waals surface area contributed by atoms with E-state index in [9.17, 15) is 28.8 Å². The number of nitrogen functional groups attached to an aromatic ring is 1. The molecule has 33 heavy (non-hydrogen) atoms. The molecule has 1 saturated heterocycles. The standard InChI is InChI=1S/C10H16N5O13P3.2Mg.4H/c11-8-5-9(13-2-12-8)15(3-14-5)10-7(17)6(16)4(26-10)1-25-30(21,22)28-31(23,24)27-29(18,19)20;;;;;;/h2-4,6-7,10,16-17H,1H2,(H,21,22)(H,23,24)(H2,11,12,13)(H2,18,19,20);;;;;;/q;2*+2;4*-1/t4-,6-,7-,10-;;;;;;/m1....../s1. The Morgan fingerprint density at radius 3 is 2.27 bits per heavy atom. The molecule has 2 aromatic rings. The number of aromatic nitrogens is 4. The molecule has 2 unspecified atom stereocenters. The molecule has 2 aromatic heterocycles. The fraction of sp³-hybridized carbons (Fsp3) is 0.500. The fourth-order valence-electron chi connectivity index (χ4n) is 2.62. The Balaban J connectivity index is -0.000000907. The minimum absolute atomic E-state index is 0. The van der Waals surface area contributed by atoms with Crippen LogP contribution >= 0.6 is 23.5 Å². The molecule has 1 fully saturated rings. The molecule has 8 N–H and O–H groups in total. The second-order valence-corrected chi connectivity index (χ2v) is 10.4. The van der Waals surface area contributed by atoms with E-state index in [-0.39, 0.29) is 68.8 Å². The number of aliphatic hydroxyl groups excluding tert-OH is 2. The number of anilines is 1. The first kappa shape index (κ1) is 31.2. The molecule has 3 rings (SSSR count). The third-order valence-corrected chi connectivity index (χ3v) is 7.62. The molecule has 23 heteroatoms. The van der Waals surface area contributed by atoms with Crippen LogP contribution in [0.3, 0.4) is 0 Å². The van der Waals surface area contributed by atoms with Crippen molar-refractivity contribution in [2.45, 2.75) is 24.5 Å². The van der Waals surface area contributed by atoms with E-state index >= 15 is 0 Å². The van der Waals surface area contributed by atoms with Crippen LogP contribution in [0.4, 0.5) is 5.82 Å². The van der Waals surface area contributed by atoms with Gasteiger partial charge in [0.1, 0.15) is 30.2 Å². The second kappa shape index (κ2) is 11.5. The first-order valence-corrected chi connectivity index (χ1v) is 12.4. The number of ether oxygens (including phenoxy) is 1. The number of hydrogen-bond donors (Lipinski definition) is 7. The molecule has 0 spiro atoms. The van der Waals surface area contributed by atoms with E-state index in [1.165, 1.54) is 10.9 Å². The van der Waals surface area contributed by atoms with E-state index in [0.29, 0.717) is 0 Å². The van der Waals surface area contributed by atoms with Gasteiger partial charge in [0, 0.05) is 0 Å². The van der Waals surface area contributed by atoms with Crippen LogP contribution in [-0.2, 0) is 31.6 Å². The van der Waals surface area contributed by atoms with Crippen LogP contribution < -0.4 is 5.73 Å². The summed E-state index contributed by atoms with van der Waals surface area (Å²) in [7, 11) is -16.7. The van der Waals surface area contributed by atoms with Crippen molar-refractivity contribution < 1.29 is 67.1 Å². The van der Waals surface area contributed by atoms with E-state index in [1.807, 2.05) is 0 Å². The summed E-state index contributed by atoms with van der Waals surface area (Å²) in [6, 6.07) is 0. The molecule has 1 aliphatic heterocycles. The van der Waals surface area contributed by atoms with Crippen molar-refractivity contribution in [2.24, 2.45) is 0 Å². The average Bonchev–Trinajstić information content (AvgIpc) is 3.13. The summed E-state index contributed by atoms with van der Waals surface area (Å²) in [5, 5.41) is 20.4. The Hall–Kier alpha value is 0.172. The van der Waals surface area contributed by atoms with Crippen LogP contribution in [0, 0.1) is 0 Å². The predicted octanol–water partition coefficient (Wildman–Crippen LogP) is -1.94. The van der Waals surface area contributed by atoms with Gasteiger partial charge >= 0.3 is 69.6 Å². The number of rotatable bonds is 8. The Kier molecular flexibility index (Phi) is 10.9. The molecule has 0 aromatic carbocycles. The van der Waals surface area contributed by atoms with Crippen LogP contribution in [0.5, 0.6) is 0 Å². The summed E-state index contributed by atoms with van der Waals surface area (Å²) in [4.78, 5) is 47.2. The van der Waals surface area contributed by atoms with Gasteiger partial charge in [-0.2, -0.15) is 8.62 Å². The van der Waals surface area contributed by atoms with Crippen LogP contribution in [0.1, 0.15) is 11.9 Å². The van der Waals surface area contributed by atoms with Gasteiger partial charge in [0.05, 0.1) is 12.9 Å². The predicted molar refractivity (Wildman–Crippen MR) is 111 cm³/mol. The van der Waals surface area contributed by atoms with Crippen molar-refractivity contribution in [3.63, 3.8) is 0 Å². The summed E-state index contributed by atoms with van der Waals surface area (Å²) >= 11 is 0. The van der Waals surface area contributed by atoms with E-state index in [1.54, 1.807) is 0 Å². The number of phosphoric acid groups is 3. The minimum Gasteiger partial charge on any atom is -1.00 e. The molecule has 0 saturated carbocycles. The third kappa shape index (κ3) is 7.83. The number of fused-ring (bicyclic) bond motifs is 1. The quantitative estimate of drug-likeness (QED) is 0.137. The van der Waals surface area contributed by atoms with Gasteiger partial charge in [-0.05, 0) is 0 Å². The number of nitrogens with zero attached hydrogens (tertiary/aromatic N) is 4. The van der Waals surface area contributed by atoms with Gasteiger partial charge in [0.25, 0.3) is 0 Å². The van der Waals surface area contributed by atoms with Crippen molar-refractivity contribution in [3.05, 3.63) is 12.7 Å². The first-order valence-electron chi connectivity index (χ1n) is 7.92. The SMILES string of the molecule is Nc1ncnc2c1ncn2[C@@H]1O[C@H](COP(=O)(O)OP(=O)(O)OP(=O)(O)O)[C@@H](O)[C@H]1O.[H-].[H-].[H-].[H-].[Mg+2].[Mg+2]. The zero-order valence-corrected chi connectivity index (χ0v) is 21.8. The Morgan fingerprint density at radius 1 is 1.03 bits per heavy atom. The van der Waals surface area contributed by atoms with E-state index < -0.39 is 54.6 Å². The van der Waals surface area contributed by atoms with Crippen molar-refractivity contribution in [2.75, 3.05) is 12.3 Å². The van der Waals surface area contributed by atoms with E-state index in [2.05, 4.69) is 28.1 Å². The summed E-state index contributed by atoms with van der Waals surface area (Å²) in [5.41, 5.74) is 6.00. The van der Waals surface area contributed by atoms with Crippen molar-refractivity contribution in [1.82, 2.24) is 19.5 Å². The number of aliphatic hydroxyl groups is 2. The van der Waals surface area contributed by atoms with Crippen molar-refractivity contribution in [1.29, 1.82) is 0 Å².